The number of hydrogen-bond acceptors (Lipinski definition) is 3. The second-order valence-corrected chi connectivity index (χ2v) is 10.0. The molecule has 0 saturated heterocycles. The van der Waals surface area contributed by atoms with Crippen LogP contribution in [0.3, 0.4) is 0 Å². The summed E-state index contributed by atoms with van der Waals surface area (Å²) in [5, 5.41) is 5.23. The summed E-state index contributed by atoms with van der Waals surface area (Å²) in [5.41, 5.74) is 3.99. The van der Waals surface area contributed by atoms with Gasteiger partial charge in [0.15, 0.2) is 0 Å². The molecule has 0 aromatic heterocycles. The van der Waals surface area contributed by atoms with Crippen molar-refractivity contribution in [1.82, 2.24) is 5.32 Å². The van der Waals surface area contributed by atoms with Gasteiger partial charge in [-0.05, 0) is 58.7 Å². The van der Waals surface area contributed by atoms with Crippen LogP contribution in [0.4, 0.5) is 5.69 Å². The first-order valence-corrected chi connectivity index (χ1v) is 12.5. The average molecular weight is 459 g/mol. The summed E-state index contributed by atoms with van der Waals surface area (Å²) in [6.07, 6.45) is 1.20. The molecule has 1 N–H and O–H groups in total. The predicted octanol–water partition coefficient (Wildman–Crippen LogP) is 5.04. The summed E-state index contributed by atoms with van der Waals surface area (Å²) < 4.78 is 26.2. The maximum absolute atomic E-state index is 12.7. The number of carbonyl (C=O) groups excluding carboxylic acids is 1. The van der Waals surface area contributed by atoms with Crippen LogP contribution >= 0.6 is 0 Å². The number of benzene rings is 4. The van der Waals surface area contributed by atoms with E-state index >= 15 is 0 Å². The number of aryl methyl sites for hydroxylation is 1. The van der Waals surface area contributed by atoms with Gasteiger partial charge in [-0.2, -0.15) is 0 Å². The molecule has 5 nitrogen and oxygen atoms in total. The first-order valence-electron chi connectivity index (χ1n) is 10.7. The maximum atomic E-state index is 12.7. The average Bonchev–Trinajstić information content (AvgIpc) is 2.80. The van der Waals surface area contributed by atoms with E-state index in [0.717, 1.165) is 27.5 Å². The summed E-state index contributed by atoms with van der Waals surface area (Å²) in [6, 6.07) is 28.6. The van der Waals surface area contributed by atoms with Crippen molar-refractivity contribution in [3.63, 3.8) is 0 Å². The molecule has 0 saturated carbocycles. The largest absolute Gasteiger partial charge is 0.348 e. The second-order valence-electron chi connectivity index (χ2n) is 8.13. The van der Waals surface area contributed by atoms with Gasteiger partial charge in [0.05, 0.1) is 18.5 Å². The fraction of sp³-hybridized carbons (Fsp3) is 0.148. The molecular formula is C27H26N2O3S. The minimum absolute atomic E-state index is 0.173. The molecule has 0 spiro atoms. The van der Waals surface area contributed by atoms with Crippen molar-refractivity contribution in [3.8, 4) is 0 Å². The topological polar surface area (TPSA) is 66.5 Å². The first kappa shape index (κ1) is 22.6. The number of sulfonamides is 1. The molecule has 33 heavy (non-hydrogen) atoms. The van der Waals surface area contributed by atoms with Gasteiger partial charge in [0.2, 0.25) is 10.0 Å². The smallest absolute Gasteiger partial charge is 0.251 e. The third-order valence-corrected chi connectivity index (χ3v) is 6.69. The molecule has 0 atom stereocenters. The van der Waals surface area contributed by atoms with Gasteiger partial charge in [0, 0.05) is 12.1 Å². The Hall–Kier alpha value is -3.64. The fourth-order valence-electron chi connectivity index (χ4n) is 3.83. The Morgan fingerprint density at radius 1 is 0.879 bits per heavy atom. The molecule has 0 bridgehead atoms. The summed E-state index contributed by atoms with van der Waals surface area (Å²) in [5.74, 6) is -0.173. The van der Waals surface area contributed by atoms with Crippen LogP contribution in [0.5, 0.6) is 0 Å². The zero-order valence-electron chi connectivity index (χ0n) is 18.7. The number of hydrogen-bond donors (Lipinski definition) is 1. The van der Waals surface area contributed by atoms with Crippen molar-refractivity contribution in [3.05, 3.63) is 113 Å². The normalized spacial score (nSPS) is 11.3. The lowest BCUT2D eigenvalue weighted by atomic mass is 10.0. The second kappa shape index (κ2) is 9.46. The molecule has 168 valence electrons. The van der Waals surface area contributed by atoms with Crippen LogP contribution < -0.4 is 9.62 Å². The van der Waals surface area contributed by atoms with Crippen LogP contribution in [0.15, 0.2) is 91.0 Å². The summed E-state index contributed by atoms with van der Waals surface area (Å²) in [6.45, 7) is 2.55. The molecule has 6 heteroatoms. The van der Waals surface area contributed by atoms with Crippen LogP contribution in [-0.4, -0.2) is 20.6 Å². The van der Waals surface area contributed by atoms with E-state index in [9.17, 15) is 13.2 Å². The molecule has 4 aromatic carbocycles. The number of rotatable bonds is 7. The van der Waals surface area contributed by atoms with Gasteiger partial charge < -0.3 is 5.32 Å². The monoisotopic (exact) mass is 458 g/mol. The van der Waals surface area contributed by atoms with E-state index in [-0.39, 0.29) is 12.5 Å². The van der Waals surface area contributed by atoms with Crippen molar-refractivity contribution in [1.29, 1.82) is 0 Å². The third kappa shape index (κ3) is 5.41. The van der Waals surface area contributed by atoms with Crippen molar-refractivity contribution in [2.45, 2.75) is 20.0 Å². The maximum Gasteiger partial charge on any atom is 0.251 e. The van der Waals surface area contributed by atoms with Gasteiger partial charge >= 0.3 is 0 Å². The Morgan fingerprint density at radius 2 is 1.58 bits per heavy atom. The molecule has 4 aromatic rings. The minimum Gasteiger partial charge on any atom is -0.348 e. The Bertz CT molecular complexity index is 1390. The first-order chi connectivity index (χ1) is 15.8. The molecule has 0 aliphatic carbocycles. The molecule has 0 heterocycles. The number of carbonyl (C=O) groups is 1. The van der Waals surface area contributed by atoms with Gasteiger partial charge in [-0.15, -0.1) is 0 Å². The molecule has 0 radical (unpaired) electrons. The van der Waals surface area contributed by atoms with Crippen LogP contribution in [0.2, 0.25) is 0 Å². The highest BCUT2D eigenvalue weighted by atomic mass is 32.2. The zero-order valence-corrected chi connectivity index (χ0v) is 19.5. The molecule has 0 fully saturated rings. The van der Waals surface area contributed by atoms with Crippen LogP contribution in [0.25, 0.3) is 10.8 Å². The Kier molecular flexibility index (Phi) is 6.47. The number of nitrogens with zero attached hydrogens (tertiary/aromatic N) is 1. The van der Waals surface area contributed by atoms with Crippen molar-refractivity contribution in [2.24, 2.45) is 0 Å². The summed E-state index contributed by atoms with van der Waals surface area (Å²) >= 11 is 0. The molecule has 0 unspecified atom stereocenters. The van der Waals surface area contributed by atoms with Crippen LogP contribution in [0.1, 0.15) is 27.0 Å². The van der Waals surface area contributed by atoms with E-state index in [0.29, 0.717) is 17.8 Å². The van der Waals surface area contributed by atoms with E-state index < -0.39 is 10.0 Å². The lowest BCUT2D eigenvalue weighted by Crippen LogP contribution is -2.29. The molecule has 4 rings (SSSR count). The zero-order chi connectivity index (χ0) is 23.4. The van der Waals surface area contributed by atoms with Crippen LogP contribution in [-0.2, 0) is 23.1 Å². The summed E-state index contributed by atoms with van der Waals surface area (Å²) in [4.78, 5) is 12.7. The third-order valence-electron chi connectivity index (χ3n) is 5.55. The molecule has 0 aliphatic heterocycles. The van der Waals surface area contributed by atoms with Crippen LogP contribution in [0, 0.1) is 6.92 Å². The Morgan fingerprint density at radius 3 is 2.30 bits per heavy atom. The number of anilines is 1. The Balaban J connectivity index is 1.46. The van der Waals surface area contributed by atoms with E-state index in [1.807, 2.05) is 55.5 Å². The predicted molar refractivity (Wildman–Crippen MR) is 134 cm³/mol. The van der Waals surface area contributed by atoms with E-state index in [1.54, 1.807) is 30.3 Å². The molecule has 1 amide bonds. The highest BCUT2D eigenvalue weighted by Gasteiger charge is 2.18. The quantitative estimate of drug-likeness (QED) is 0.422. The summed E-state index contributed by atoms with van der Waals surface area (Å²) in [7, 11) is -3.46. The van der Waals surface area contributed by atoms with Gasteiger partial charge in [-0.1, -0.05) is 66.7 Å². The number of fused-ring (bicyclic) bond motifs is 1. The standard InChI is InChI=1S/C27H26N2O3S/c1-20-7-5-11-25(17-20)29(33(2,31)32)19-21-13-15-23(16-14-21)27(30)28-18-24-10-6-9-22-8-3-4-12-26(22)24/h3-17H,18-19H2,1-2H3,(H,28,30). The Labute approximate surface area is 194 Å². The van der Waals surface area contributed by atoms with Gasteiger partial charge in [0.25, 0.3) is 5.91 Å². The van der Waals surface area contributed by atoms with Crippen molar-refractivity contribution in [2.75, 3.05) is 10.6 Å². The van der Waals surface area contributed by atoms with Gasteiger partial charge in [-0.25, -0.2) is 8.42 Å². The highest BCUT2D eigenvalue weighted by molar-refractivity contribution is 7.92. The van der Waals surface area contributed by atoms with E-state index in [2.05, 4.69) is 17.4 Å². The molecular weight excluding hydrogens is 432 g/mol. The number of nitrogens with one attached hydrogen (secondary N) is 1. The lowest BCUT2D eigenvalue weighted by molar-refractivity contribution is 0.0951. The van der Waals surface area contributed by atoms with Crippen molar-refractivity contribution < 1.29 is 13.2 Å². The fourth-order valence-corrected chi connectivity index (χ4v) is 4.71. The SMILES string of the molecule is Cc1cccc(N(Cc2ccc(C(=O)NCc3cccc4ccccc34)cc2)S(C)(=O)=O)c1. The van der Waals surface area contributed by atoms with Gasteiger partial charge in [0.1, 0.15) is 0 Å². The highest BCUT2D eigenvalue weighted by Crippen LogP contribution is 2.22. The van der Waals surface area contributed by atoms with Gasteiger partial charge in [-0.3, -0.25) is 9.10 Å². The number of amides is 1. The minimum atomic E-state index is -3.46. The molecule has 0 aliphatic rings. The lowest BCUT2D eigenvalue weighted by Gasteiger charge is -2.23. The van der Waals surface area contributed by atoms with E-state index in [1.165, 1.54) is 10.6 Å². The van der Waals surface area contributed by atoms with Crippen molar-refractivity contribution >= 4 is 32.4 Å². The van der Waals surface area contributed by atoms with E-state index in [4.69, 9.17) is 0 Å².